The number of hydrogen-bond acceptors (Lipinski definition) is 4. The molecule has 0 spiro atoms. The number of carbonyl (C=O) groups is 2. The first-order valence-electron chi connectivity index (χ1n) is 10.4. The highest BCUT2D eigenvalue weighted by Gasteiger charge is 2.24. The van der Waals surface area contributed by atoms with Crippen molar-refractivity contribution in [2.45, 2.75) is 45.1 Å². The van der Waals surface area contributed by atoms with E-state index < -0.39 is 0 Å². The van der Waals surface area contributed by atoms with Gasteiger partial charge in [0, 0.05) is 51.7 Å². The molecule has 2 saturated heterocycles. The molecular formula is C22H32N2O4. The molecule has 154 valence electrons. The lowest BCUT2D eigenvalue weighted by atomic mass is 9.99. The fourth-order valence-corrected chi connectivity index (χ4v) is 4.00. The van der Waals surface area contributed by atoms with Crippen molar-refractivity contribution >= 4 is 11.8 Å². The monoisotopic (exact) mass is 388 g/mol. The van der Waals surface area contributed by atoms with Gasteiger partial charge in [0.15, 0.2) is 0 Å². The second-order valence-corrected chi connectivity index (χ2v) is 7.96. The Kier molecular flexibility index (Phi) is 7.31. The summed E-state index contributed by atoms with van der Waals surface area (Å²) in [5.74, 6) is 1.62. The van der Waals surface area contributed by atoms with Crippen LogP contribution in [0, 0.1) is 5.92 Å². The fourth-order valence-electron chi connectivity index (χ4n) is 4.00. The Morgan fingerprint density at radius 3 is 2.39 bits per heavy atom. The minimum absolute atomic E-state index is 0.107. The fraction of sp³-hybridized carbons (Fsp3) is 0.636. The van der Waals surface area contributed by atoms with Gasteiger partial charge in [0.2, 0.25) is 5.91 Å². The molecular weight excluding hydrogens is 356 g/mol. The highest BCUT2D eigenvalue weighted by Crippen LogP contribution is 2.22. The standard InChI is InChI=1S/C22H32N2O4/c1-17-4-3-12-24(16-17)22(26)18-5-7-19(8-6-18)28-20-9-13-23(14-10-20)21(25)11-15-27-2/h5-8,17,20H,3-4,9-16H2,1-2H3/t17-/m0/s1. The third kappa shape index (κ3) is 5.47. The Balaban J connectivity index is 1.47. The van der Waals surface area contributed by atoms with Crippen molar-refractivity contribution in [3.05, 3.63) is 29.8 Å². The summed E-state index contributed by atoms with van der Waals surface area (Å²) in [7, 11) is 1.61. The van der Waals surface area contributed by atoms with Crippen molar-refractivity contribution in [2.75, 3.05) is 39.9 Å². The summed E-state index contributed by atoms with van der Waals surface area (Å²) >= 11 is 0. The molecule has 2 aliphatic heterocycles. The van der Waals surface area contributed by atoms with Gasteiger partial charge >= 0.3 is 0 Å². The summed E-state index contributed by atoms with van der Waals surface area (Å²) in [6, 6.07) is 7.49. The first-order valence-corrected chi connectivity index (χ1v) is 10.4. The summed E-state index contributed by atoms with van der Waals surface area (Å²) in [6.07, 6.45) is 4.48. The van der Waals surface area contributed by atoms with Crippen LogP contribution < -0.4 is 4.74 Å². The third-order valence-electron chi connectivity index (χ3n) is 5.66. The quantitative estimate of drug-likeness (QED) is 0.752. The number of piperidine rings is 2. The second kappa shape index (κ2) is 9.92. The van der Waals surface area contributed by atoms with Crippen LogP contribution in [-0.2, 0) is 9.53 Å². The van der Waals surface area contributed by atoms with Crippen molar-refractivity contribution < 1.29 is 19.1 Å². The maximum atomic E-state index is 12.7. The molecule has 3 rings (SSSR count). The first-order chi connectivity index (χ1) is 13.6. The van der Waals surface area contributed by atoms with Gasteiger partial charge in [0.1, 0.15) is 11.9 Å². The molecule has 2 amide bonds. The van der Waals surface area contributed by atoms with E-state index in [9.17, 15) is 9.59 Å². The van der Waals surface area contributed by atoms with Gasteiger partial charge in [-0.2, -0.15) is 0 Å². The van der Waals surface area contributed by atoms with E-state index in [0.29, 0.717) is 18.9 Å². The zero-order valence-electron chi connectivity index (χ0n) is 17.1. The van der Waals surface area contributed by atoms with E-state index in [-0.39, 0.29) is 17.9 Å². The number of carbonyl (C=O) groups excluding carboxylic acids is 2. The first kappa shape index (κ1) is 20.6. The van der Waals surface area contributed by atoms with Crippen LogP contribution in [-0.4, -0.2) is 67.6 Å². The van der Waals surface area contributed by atoms with Crippen LogP contribution in [0.25, 0.3) is 0 Å². The number of nitrogens with zero attached hydrogens (tertiary/aromatic N) is 2. The smallest absolute Gasteiger partial charge is 0.253 e. The molecule has 0 bridgehead atoms. The van der Waals surface area contributed by atoms with E-state index in [4.69, 9.17) is 9.47 Å². The van der Waals surface area contributed by atoms with Crippen molar-refractivity contribution in [1.29, 1.82) is 0 Å². The average molecular weight is 389 g/mol. The Bertz CT molecular complexity index is 653. The molecule has 1 atom stereocenters. The number of benzene rings is 1. The lowest BCUT2D eigenvalue weighted by Crippen LogP contribution is -2.42. The van der Waals surface area contributed by atoms with Gasteiger partial charge in [0.05, 0.1) is 13.0 Å². The van der Waals surface area contributed by atoms with E-state index >= 15 is 0 Å². The van der Waals surface area contributed by atoms with Crippen LogP contribution in [0.4, 0.5) is 0 Å². The summed E-state index contributed by atoms with van der Waals surface area (Å²) in [6.45, 7) is 5.80. The van der Waals surface area contributed by atoms with Crippen LogP contribution in [0.2, 0.25) is 0 Å². The van der Waals surface area contributed by atoms with Crippen LogP contribution in [0.5, 0.6) is 5.75 Å². The zero-order valence-corrected chi connectivity index (χ0v) is 17.1. The SMILES string of the molecule is COCCC(=O)N1CCC(Oc2ccc(C(=O)N3CCC[C@H](C)C3)cc2)CC1. The van der Waals surface area contributed by atoms with Crippen molar-refractivity contribution in [2.24, 2.45) is 5.92 Å². The lowest BCUT2D eigenvalue weighted by Gasteiger charge is -2.32. The van der Waals surface area contributed by atoms with Crippen LogP contribution in [0.1, 0.15) is 49.4 Å². The Labute approximate surface area is 167 Å². The van der Waals surface area contributed by atoms with Crippen LogP contribution in [0.3, 0.4) is 0 Å². The highest BCUT2D eigenvalue weighted by atomic mass is 16.5. The molecule has 0 unspecified atom stereocenters. The van der Waals surface area contributed by atoms with E-state index in [1.165, 1.54) is 6.42 Å². The second-order valence-electron chi connectivity index (χ2n) is 7.96. The predicted molar refractivity (Wildman–Crippen MR) is 107 cm³/mol. The Morgan fingerprint density at radius 1 is 1.04 bits per heavy atom. The van der Waals surface area contributed by atoms with E-state index in [2.05, 4.69) is 6.92 Å². The molecule has 6 nitrogen and oxygen atoms in total. The average Bonchev–Trinajstić information content (AvgIpc) is 2.72. The van der Waals surface area contributed by atoms with Crippen molar-refractivity contribution in [3.63, 3.8) is 0 Å². The molecule has 2 heterocycles. The molecule has 0 saturated carbocycles. The molecule has 0 aliphatic carbocycles. The summed E-state index contributed by atoms with van der Waals surface area (Å²) < 4.78 is 11.0. The Morgan fingerprint density at radius 2 is 1.75 bits per heavy atom. The number of likely N-dealkylation sites (tertiary alicyclic amines) is 2. The van der Waals surface area contributed by atoms with Crippen molar-refractivity contribution in [1.82, 2.24) is 9.80 Å². The molecule has 6 heteroatoms. The van der Waals surface area contributed by atoms with Gasteiger partial charge in [-0.15, -0.1) is 0 Å². The van der Waals surface area contributed by atoms with E-state index in [1.54, 1.807) is 7.11 Å². The molecule has 1 aromatic carbocycles. The van der Waals surface area contributed by atoms with Crippen molar-refractivity contribution in [3.8, 4) is 5.75 Å². The summed E-state index contributed by atoms with van der Waals surface area (Å²) in [5, 5.41) is 0. The van der Waals surface area contributed by atoms with Gasteiger partial charge in [-0.25, -0.2) is 0 Å². The number of ether oxygens (including phenoxy) is 2. The minimum Gasteiger partial charge on any atom is -0.490 e. The molecule has 2 aliphatic rings. The molecule has 28 heavy (non-hydrogen) atoms. The minimum atomic E-state index is 0.107. The molecule has 0 radical (unpaired) electrons. The van der Waals surface area contributed by atoms with Crippen LogP contribution in [0.15, 0.2) is 24.3 Å². The summed E-state index contributed by atoms with van der Waals surface area (Å²) in [5.41, 5.74) is 0.722. The zero-order chi connectivity index (χ0) is 19.9. The highest BCUT2D eigenvalue weighted by molar-refractivity contribution is 5.94. The van der Waals surface area contributed by atoms with Gasteiger partial charge in [-0.3, -0.25) is 9.59 Å². The predicted octanol–water partition coefficient (Wildman–Crippen LogP) is 2.97. The van der Waals surface area contributed by atoms with Gasteiger partial charge in [-0.1, -0.05) is 6.92 Å². The number of methoxy groups -OCH3 is 1. The Hall–Kier alpha value is -2.08. The molecule has 1 aromatic rings. The maximum absolute atomic E-state index is 12.7. The van der Waals surface area contributed by atoms with E-state index in [0.717, 1.165) is 56.8 Å². The van der Waals surface area contributed by atoms with E-state index in [1.807, 2.05) is 34.1 Å². The normalized spacial score (nSPS) is 20.9. The van der Waals surface area contributed by atoms with Gasteiger partial charge < -0.3 is 19.3 Å². The number of rotatable bonds is 6. The lowest BCUT2D eigenvalue weighted by molar-refractivity contribution is -0.133. The molecule has 0 N–H and O–H groups in total. The molecule has 0 aromatic heterocycles. The van der Waals surface area contributed by atoms with Crippen LogP contribution >= 0.6 is 0 Å². The maximum Gasteiger partial charge on any atom is 0.253 e. The topological polar surface area (TPSA) is 59.1 Å². The summed E-state index contributed by atoms with van der Waals surface area (Å²) in [4.78, 5) is 28.6. The molecule has 2 fully saturated rings. The van der Waals surface area contributed by atoms with Gasteiger partial charge in [-0.05, 0) is 43.0 Å². The number of hydrogen-bond donors (Lipinski definition) is 0. The largest absolute Gasteiger partial charge is 0.490 e. The number of amides is 2. The van der Waals surface area contributed by atoms with Gasteiger partial charge in [0.25, 0.3) is 5.91 Å². The third-order valence-corrected chi connectivity index (χ3v) is 5.66.